The van der Waals surface area contributed by atoms with Crippen LogP contribution in [0.3, 0.4) is 0 Å². The van der Waals surface area contributed by atoms with E-state index in [2.05, 4.69) is 42.3 Å². The molecule has 0 bridgehead atoms. The number of rotatable bonds is 4. The number of fused-ring (bicyclic) bond motifs is 1. The molecule has 1 aliphatic heterocycles. The largest absolute Gasteiger partial charge is 0.487 e. The number of carboxylic acids is 1. The zero-order valence-corrected chi connectivity index (χ0v) is 17.5. The van der Waals surface area contributed by atoms with Crippen LogP contribution in [0, 0.1) is 12.8 Å². The number of aromatic carboxylic acids is 1. The molecule has 0 radical (unpaired) electrons. The Morgan fingerprint density at radius 3 is 2.97 bits per heavy atom. The Bertz CT molecular complexity index is 982. The minimum Gasteiger partial charge on any atom is -0.487 e. The molecule has 150 valence electrons. The zero-order chi connectivity index (χ0) is 20.6. The summed E-state index contributed by atoms with van der Waals surface area (Å²) in [6, 6.07) is 10.1. The lowest BCUT2D eigenvalue weighted by Gasteiger charge is -2.13. The summed E-state index contributed by atoms with van der Waals surface area (Å²) in [5, 5.41) is 9.05. The molecule has 0 fully saturated rings. The van der Waals surface area contributed by atoms with Gasteiger partial charge in [0.15, 0.2) is 4.88 Å². The number of thiophene rings is 1. The maximum Gasteiger partial charge on any atom is 0.349 e. The van der Waals surface area contributed by atoms with E-state index in [1.165, 1.54) is 16.9 Å². The van der Waals surface area contributed by atoms with Gasteiger partial charge in [0.25, 0.3) is 0 Å². The maximum atomic E-state index is 11.0. The Morgan fingerprint density at radius 2 is 2.14 bits per heavy atom. The lowest BCUT2D eigenvalue weighted by Crippen LogP contribution is -2.05. The molecule has 29 heavy (non-hydrogen) atoms. The normalized spacial score (nSPS) is 16.9. The predicted octanol–water partition coefficient (Wildman–Crippen LogP) is 6.16. The van der Waals surface area contributed by atoms with Gasteiger partial charge in [0.1, 0.15) is 12.4 Å². The second-order valence-electron chi connectivity index (χ2n) is 7.03. The van der Waals surface area contributed by atoms with Crippen LogP contribution in [0.2, 0.25) is 0 Å². The second-order valence-corrected chi connectivity index (χ2v) is 8.29. The lowest BCUT2D eigenvalue weighted by atomic mass is 9.98. The van der Waals surface area contributed by atoms with Crippen molar-refractivity contribution in [3.63, 3.8) is 0 Å². The van der Waals surface area contributed by atoms with E-state index in [4.69, 9.17) is 9.84 Å². The Hall–Kier alpha value is -2.92. The average Bonchev–Trinajstić information content (AvgIpc) is 2.91. The van der Waals surface area contributed by atoms with Gasteiger partial charge in [-0.05, 0) is 49.0 Å². The summed E-state index contributed by atoms with van der Waals surface area (Å²) < 4.78 is 5.60. The van der Waals surface area contributed by atoms with Crippen molar-refractivity contribution in [3.05, 3.63) is 81.6 Å². The third-order valence-electron chi connectivity index (χ3n) is 4.49. The van der Waals surface area contributed by atoms with Gasteiger partial charge in [-0.1, -0.05) is 55.5 Å². The molecule has 4 nitrogen and oxygen atoms in total. The van der Waals surface area contributed by atoms with E-state index in [9.17, 15) is 4.79 Å². The fraction of sp³-hybridized carbons (Fsp3) is 0.250. The number of nitrogens with zero attached hydrogens (tertiary/aromatic N) is 1. The summed E-state index contributed by atoms with van der Waals surface area (Å²) >= 11 is 1.24. The van der Waals surface area contributed by atoms with Crippen molar-refractivity contribution in [2.24, 2.45) is 10.9 Å². The van der Waals surface area contributed by atoms with E-state index in [0.717, 1.165) is 29.0 Å². The Morgan fingerprint density at radius 1 is 1.31 bits per heavy atom. The molecule has 1 aliphatic carbocycles. The summed E-state index contributed by atoms with van der Waals surface area (Å²) in [7, 11) is 0. The third kappa shape index (κ3) is 6.03. The van der Waals surface area contributed by atoms with E-state index >= 15 is 0 Å². The summed E-state index contributed by atoms with van der Waals surface area (Å²) in [5.74, 6) is 0.122. The van der Waals surface area contributed by atoms with Crippen LogP contribution in [0.1, 0.15) is 33.5 Å². The topological polar surface area (TPSA) is 58.9 Å². The van der Waals surface area contributed by atoms with Crippen LogP contribution in [-0.4, -0.2) is 23.9 Å². The van der Waals surface area contributed by atoms with Crippen LogP contribution < -0.4 is 4.74 Å². The SMILES string of the molecule is CC1C=Nc2ccccc2C1.Cc1cc(OCC2=CCC=CC=C2)c(C(=O)O)s1. The Balaban J connectivity index is 0.000000186. The minimum atomic E-state index is -0.935. The molecule has 2 aliphatic rings. The second kappa shape index (κ2) is 10.0. The van der Waals surface area contributed by atoms with Gasteiger partial charge >= 0.3 is 5.97 Å². The predicted molar refractivity (Wildman–Crippen MR) is 120 cm³/mol. The molecule has 1 aromatic carbocycles. The fourth-order valence-corrected chi connectivity index (χ4v) is 3.85. The number of aliphatic imine (C=N–C) groups is 1. The first-order valence-corrected chi connectivity index (χ1v) is 10.5. The van der Waals surface area contributed by atoms with E-state index in [1.54, 1.807) is 6.07 Å². The van der Waals surface area contributed by atoms with Gasteiger partial charge in [0.05, 0.1) is 5.69 Å². The highest BCUT2D eigenvalue weighted by Gasteiger charge is 2.15. The Kier molecular flexibility index (Phi) is 7.19. The van der Waals surface area contributed by atoms with Crippen molar-refractivity contribution in [2.45, 2.75) is 26.7 Å². The van der Waals surface area contributed by atoms with Crippen LogP contribution in [-0.2, 0) is 6.42 Å². The molecule has 0 saturated carbocycles. The smallest absolute Gasteiger partial charge is 0.349 e. The van der Waals surface area contributed by atoms with E-state index in [-0.39, 0.29) is 4.88 Å². The van der Waals surface area contributed by atoms with Crippen molar-refractivity contribution in [2.75, 3.05) is 6.61 Å². The molecule has 2 heterocycles. The van der Waals surface area contributed by atoms with Gasteiger partial charge in [-0.2, -0.15) is 0 Å². The zero-order valence-electron chi connectivity index (χ0n) is 16.7. The maximum absolute atomic E-state index is 11.0. The van der Waals surface area contributed by atoms with Crippen molar-refractivity contribution >= 4 is 29.2 Å². The first kappa shape index (κ1) is 20.8. The van der Waals surface area contributed by atoms with Gasteiger partial charge < -0.3 is 9.84 Å². The van der Waals surface area contributed by atoms with Gasteiger partial charge in [-0.3, -0.25) is 4.99 Å². The quantitative estimate of drug-likeness (QED) is 0.660. The van der Waals surface area contributed by atoms with Crippen LogP contribution >= 0.6 is 11.3 Å². The fourth-order valence-electron chi connectivity index (χ4n) is 3.06. The molecule has 1 aromatic heterocycles. The molecule has 0 spiro atoms. The standard InChI is InChI=1S/C14H14O3S.C10H11N/c1-10-8-12(13(18-10)14(15)16)17-9-11-6-4-2-3-5-7-11;1-8-6-9-4-2-3-5-10(9)11-7-8/h2-4,6-8H,5,9H2,1H3,(H,15,16);2-5,7-8H,6H2,1H3. The number of hydrogen-bond donors (Lipinski definition) is 1. The van der Waals surface area contributed by atoms with Crippen LogP contribution in [0.5, 0.6) is 5.75 Å². The lowest BCUT2D eigenvalue weighted by molar-refractivity contribution is 0.0698. The molecule has 1 N–H and O–H groups in total. The van der Waals surface area contributed by atoms with Crippen molar-refractivity contribution in [1.29, 1.82) is 0 Å². The molecular weight excluding hydrogens is 382 g/mol. The third-order valence-corrected chi connectivity index (χ3v) is 5.50. The number of carboxylic acid groups (broad SMARTS) is 1. The summed E-state index contributed by atoms with van der Waals surface area (Å²) in [5.41, 5.74) is 3.58. The van der Waals surface area contributed by atoms with Crippen LogP contribution in [0.4, 0.5) is 5.69 Å². The first-order valence-electron chi connectivity index (χ1n) is 9.64. The van der Waals surface area contributed by atoms with Gasteiger partial charge in [0, 0.05) is 11.1 Å². The number of ether oxygens (including phenoxy) is 1. The number of hydrogen-bond acceptors (Lipinski definition) is 4. The highest BCUT2D eigenvalue weighted by Crippen LogP contribution is 2.29. The summed E-state index contributed by atoms with van der Waals surface area (Å²) in [6.07, 6.45) is 14.1. The molecule has 2 aromatic rings. The number of para-hydroxylation sites is 1. The molecule has 0 saturated heterocycles. The molecule has 5 heteroatoms. The molecule has 1 unspecified atom stereocenters. The Labute approximate surface area is 175 Å². The van der Waals surface area contributed by atoms with Gasteiger partial charge in [-0.15, -0.1) is 11.3 Å². The molecule has 1 atom stereocenters. The summed E-state index contributed by atoms with van der Waals surface area (Å²) in [4.78, 5) is 16.6. The monoisotopic (exact) mass is 407 g/mol. The number of allylic oxidation sites excluding steroid dienone is 4. The van der Waals surface area contributed by atoms with Gasteiger partial charge in [-0.25, -0.2) is 4.79 Å². The number of carbonyl (C=O) groups is 1. The molecular formula is C24H25NO3S. The minimum absolute atomic E-state index is 0.267. The van der Waals surface area contributed by atoms with Gasteiger partial charge in [0.2, 0.25) is 0 Å². The van der Waals surface area contributed by atoms with E-state index < -0.39 is 5.97 Å². The summed E-state index contributed by atoms with van der Waals surface area (Å²) in [6.45, 7) is 4.47. The molecule has 4 rings (SSSR count). The van der Waals surface area contributed by atoms with E-state index in [1.807, 2.05) is 37.4 Å². The molecule has 0 amide bonds. The highest BCUT2D eigenvalue weighted by atomic mass is 32.1. The van der Waals surface area contributed by atoms with Crippen molar-refractivity contribution < 1.29 is 14.6 Å². The van der Waals surface area contributed by atoms with Crippen LogP contribution in [0.25, 0.3) is 0 Å². The number of benzene rings is 1. The highest BCUT2D eigenvalue weighted by molar-refractivity contribution is 7.14. The first-order chi connectivity index (χ1) is 14.0. The van der Waals surface area contributed by atoms with Crippen molar-refractivity contribution in [1.82, 2.24) is 0 Å². The number of aryl methyl sites for hydroxylation is 1. The van der Waals surface area contributed by atoms with E-state index in [0.29, 0.717) is 18.3 Å². The van der Waals surface area contributed by atoms with Crippen molar-refractivity contribution in [3.8, 4) is 5.75 Å². The average molecular weight is 408 g/mol. The van der Waals surface area contributed by atoms with Crippen LogP contribution in [0.15, 0.2) is 71.3 Å².